The number of hydrogen-bond acceptors (Lipinski definition) is 4. The molecule has 6 nitrogen and oxygen atoms in total. The van der Waals surface area contributed by atoms with Crippen LogP contribution in [0, 0.1) is 6.92 Å². The van der Waals surface area contributed by atoms with Crippen LogP contribution >= 0.6 is 11.3 Å². The molecule has 2 atom stereocenters. The number of amides is 2. The second kappa shape index (κ2) is 5.62. The Morgan fingerprint density at radius 2 is 2.40 bits per heavy atom. The van der Waals surface area contributed by atoms with Gasteiger partial charge in [0.1, 0.15) is 0 Å². The van der Waals surface area contributed by atoms with E-state index in [2.05, 4.69) is 25.2 Å². The van der Waals surface area contributed by atoms with Crippen LogP contribution in [0.1, 0.15) is 31.0 Å². The van der Waals surface area contributed by atoms with Crippen molar-refractivity contribution in [1.82, 2.24) is 19.9 Å². The molecule has 1 fully saturated rings. The van der Waals surface area contributed by atoms with Gasteiger partial charge in [0.25, 0.3) is 0 Å². The van der Waals surface area contributed by atoms with Crippen molar-refractivity contribution in [3.05, 3.63) is 29.8 Å². The largest absolute Gasteiger partial charge is 0.333 e. The van der Waals surface area contributed by atoms with Gasteiger partial charge in [0.2, 0.25) is 0 Å². The quantitative estimate of drug-likeness (QED) is 0.913. The molecule has 0 aliphatic heterocycles. The SMILES string of the molecule is Cc1csc(NC(=O)N[C@H]2CCC[C@@H]2n2ccnc2)n1. The molecule has 0 spiro atoms. The molecule has 0 bridgehead atoms. The van der Waals surface area contributed by atoms with E-state index in [1.165, 1.54) is 11.3 Å². The predicted molar refractivity (Wildman–Crippen MR) is 77.9 cm³/mol. The maximum absolute atomic E-state index is 12.0. The maximum atomic E-state index is 12.0. The predicted octanol–water partition coefficient (Wildman–Crippen LogP) is 2.56. The van der Waals surface area contributed by atoms with Crippen molar-refractivity contribution in [3.8, 4) is 0 Å². The van der Waals surface area contributed by atoms with E-state index in [1.807, 2.05) is 24.8 Å². The number of aromatic nitrogens is 3. The summed E-state index contributed by atoms with van der Waals surface area (Å²) >= 11 is 1.44. The van der Waals surface area contributed by atoms with Gasteiger partial charge in [0.15, 0.2) is 5.13 Å². The second-order valence-corrected chi connectivity index (χ2v) is 5.87. The minimum atomic E-state index is -0.184. The number of urea groups is 1. The summed E-state index contributed by atoms with van der Waals surface area (Å²) in [6.07, 6.45) is 8.71. The van der Waals surface area contributed by atoms with Crippen molar-refractivity contribution >= 4 is 22.5 Å². The van der Waals surface area contributed by atoms with E-state index in [0.717, 1.165) is 25.0 Å². The van der Waals surface area contributed by atoms with Crippen LogP contribution in [0.25, 0.3) is 0 Å². The third kappa shape index (κ3) is 2.82. The van der Waals surface area contributed by atoms with Crippen LogP contribution in [-0.2, 0) is 0 Å². The molecule has 2 heterocycles. The van der Waals surface area contributed by atoms with Crippen molar-refractivity contribution in [2.45, 2.75) is 38.3 Å². The standard InChI is InChI=1S/C13H17N5OS/c1-9-7-20-13(15-9)17-12(19)16-10-3-2-4-11(10)18-6-5-14-8-18/h5-8,10-11H,2-4H2,1H3,(H2,15,16,17,19)/t10-,11-/m0/s1. The van der Waals surface area contributed by atoms with Gasteiger partial charge >= 0.3 is 6.03 Å². The Kier molecular flexibility index (Phi) is 3.68. The zero-order chi connectivity index (χ0) is 13.9. The number of rotatable bonds is 3. The number of carbonyl (C=O) groups is 1. The molecule has 7 heteroatoms. The minimum absolute atomic E-state index is 0.144. The van der Waals surface area contributed by atoms with E-state index in [-0.39, 0.29) is 12.1 Å². The summed E-state index contributed by atoms with van der Waals surface area (Å²) < 4.78 is 2.07. The highest BCUT2D eigenvalue weighted by Gasteiger charge is 2.29. The summed E-state index contributed by atoms with van der Waals surface area (Å²) in [5.41, 5.74) is 0.919. The smallest absolute Gasteiger partial charge is 0.321 e. The van der Waals surface area contributed by atoms with Crippen LogP contribution in [0.3, 0.4) is 0 Å². The molecular weight excluding hydrogens is 274 g/mol. The van der Waals surface area contributed by atoms with Gasteiger partial charge in [-0.3, -0.25) is 5.32 Å². The lowest BCUT2D eigenvalue weighted by molar-refractivity contribution is 0.245. The van der Waals surface area contributed by atoms with Gasteiger partial charge in [0, 0.05) is 17.8 Å². The lowest BCUT2D eigenvalue weighted by atomic mass is 10.2. The Bertz CT molecular complexity index is 579. The van der Waals surface area contributed by atoms with Gasteiger partial charge in [-0.15, -0.1) is 11.3 Å². The van der Waals surface area contributed by atoms with Crippen LogP contribution in [0.15, 0.2) is 24.1 Å². The van der Waals surface area contributed by atoms with Gasteiger partial charge in [-0.25, -0.2) is 14.8 Å². The number of aryl methyl sites for hydroxylation is 1. The van der Waals surface area contributed by atoms with Crippen LogP contribution in [0.4, 0.5) is 9.93 Å². The number of nitrogens with one attached hydrogen (secondary N) is 2. The van der Waals surface area contributed by atoms with E-state index in [0.29, 0.717) is 11.2 Å². The molecule has 3 rings (SSSR count). The zero-order valence-corrected chi connectivity index (χ0v) is 12.1. The average Bonchev–Trinajstić information content (AvgIpc) is 3.10. The molecule has 0 unspecified atom stereocenters. The van der Waals surface area contributed by atoms with Gasteiger partial charge in [-0.1, -0.05) is 0 Å². The van der Waals surface area contributed by atoms with Crippen molar-refractivity contribution < 1.29 is 4.79 Å². The Hall–Kier alpha value is -1.89. The first-order chi connectivity index (χ1) is 9.72. The molecule has 1 saturated carbocycles. The van der Waals surface area contributed by atoms with Crippen molar-refractivity contribution in [3.63, 3.8) is 0 Å². The number of anilines is 1. The van der Waals surface area contributed by atoms with E-state index >= 15 is 0 Å². The first-order valence-electron chi connectivity index (χ1n) is 6.69. The van der Waals surface area contributed by atoms with Crippen LogP contribution in [0.2, 0.25) is 0 Å². The molecule has 0 aromatic carbocycles. The molecule has 1 aliphatic rings. The third-order valence-electron chi connectivity index (χ3n) is 3.54. The third-order valence-corrected chi connectivity index (χ3v) is 4.42. The number of imidazole rings is 1. The molecule has 2 N–H and O–H groups in total. The molecule has 2 aromatic heterocycles. The van der Waals surface area contributed by atoms with Crippen molar-refractivity contribution in [2.24, 2.45) is 0 Å². The van der Waals surface area contributed by atoms with Crippen molar-refractivity contribution in [2.75, 3.05) is 5.32 Å². The zero-order valence-electron chi connectivity index (χ0n) is 11.2. The highest BCUT2D eigenvalue weighted by molar-refractivity contribution is 7.13. The fourth-order valence-electron chi connectivity index (χ4n) is 2.64. The fourth-order valence-corrected chi connectivity index (χ4v) is 3.33. The Balaban J connectivity index is 1.60. The van der Waals surface area contributed by atoms with Crippen LogP contribution in [-0.4, -0.2) is 26.6 Å². The van der Waals surface area contributed by atoms with Gasteiger partial charge < -0.3 is 9.88 Å². The van der Waals surface area contributed by atoms with E-state index in [9.17, 15) is 4.79 Å². The van der Waals surface area contributed by atoms with E-state index in [4.69, 9.17) is 0 Å². The molecule has 106 valence electrons. The Labute approximate surface area is 121 Å². The van der Waals surface area contributed by atoms with Crippen LogP contribution in [0.5, 0.6) is 0 Å². The molecule has 20 heavy (non-hydrogen) atoms. The fraction of sp³-hybridized carbons (Fsp3) is 0.462. The summed E-state index contributed by atoms with van der Waals surface area (Å²) in [5, 5.41) is 8.38. The number of hydrogen-bond donors (Lipinski definition) is 2. The molecule has 2 aromatic rings. The summed E-state index contributed by atoms with van der Waals surface area (Å²) in [5.74, 6) is 0. The van der Waals surface area contributed by atoms with E-state index < -0.39 is 0 Å². The summed E-state index contributed by atoms with van der Waals surface area (Å²) in [4.78, 5) is 20.3. The lowest BCUT2D eigenvalue weighted by Gasteiger charge is -2.22. The minimum Gasteiger partial charge on any atom is -0.333 e. The molecular formula is C13H17N5OS. The highest BCUT2D eigenvalue weighted by Crippen LogP contribution is 2.30. The normalized spacial score (nSPS) is 21.9. The molecule has 1 aliphatic carbocycles. The summed E-state index contributed by atoms with van der Waals surface area (Å²) in [7, 11) is 0. The molecule has 0 saturated heterocycles. The van der Waals surface area contributed by atoms with Crippen molar-refractivity contribution in [1.29, 1.82) is 0 Å². The summed E-state index contributed by atoms with van der Waals surface area (Å²) in [6.45, 7) is 1.91. The number of carbonyl (C=O) groups excluding carboxylic acids is 1. The topological polar surface area (TPSA) is 71.8 Å². The van der Waals surface area contributed by atoms with E-state index in [1.54, 1.807) is 6.20 Å². The maximum Gasteiger partial charge on any atom is 0.321 e. The molecule has 2 amide bonds. The highest BCUT2D eigenvalue weighted by atomic mass is 32.1. The first-order valence-corrected chi connectivity index (χ1v) is 7.57. The lowest BCUT2D eigenvalue weighted by Crippen LogP contribution is -2.40. The van der Waals surface area contributed by atoms with Gasteiger partial charge in [-0.2, -0.15) is 0 Å². The van der Waals surface area contributed by atoms with Gasteiger partial charge in [-0.05, 0) is 26.2 Å². The number of thiazole rings is 1. The summed E-state index contributed by atoms with van der Waals surface area (Å²) in [6, 6.07) is 0.253. The monoisotopic (exact) mass is 291 g/mol. The Morgan fingerprint density at radius 3 is 3.10 bits per heavy atom. The number of nitrogens with zero attached hydrogens (tertiary/aromatic N) is 3. The first kappa shape index (κ1) is 13.1. The second-order valence-electron chi connectivity index (χ2n) is 5.01. The molecule has 0 radical (unpaired) electrons. The average molecular weight is 291 g/mol. The van der Waals surface area contributed by atoms with Crippen LogP contribution < -0.4 is 10.6 Å². The Morgan fingerprint density at radius 1 is 1.50 bits per heavy atom. The van der Waals surface area contributed by atoms with Gasteiger partial charge in [0.05, 0.1) is 24.1 Å².